The molecule has 31 heavy (non-hydrogen) atoms. The van der Waals surface area contributed by atoms with Gasteiger partial charge in [0.2, 0.25) is 6.10 Å². The van der Waals surface area contributed by atoms with E-state index in [1.807, 2.05) is 0 Å². The molecule has 1 fully saturated rings. The third-order valence-electron chi connectivity index (χ3n) is 4.83. The SMILES string of the molecule is O=C(CC1CCS(=O)(=O)C1)OC(C(=O)Nc1cccc(C(F)(F)F)c1)c1ccccc1. The van der Waals surface area contributed by atoms with Crippen LogP contribution in [0.25, 0.3) is 0 Å². The van der Waals surface area contributed by atoms with Crippen LogP contribution in [0.3, 0.4) is 0 Å². The molecule has 1 aliphatic heterocycles. The lowest BCUT2D eigenvalue weighted by Gasteiger charge is -2.19. The highest BCUT2D eigenvalue weighted by Gasteiger charge is 2.33. The van der Waals surface area contributed by atoms with Gasteiger partial charge in [-0.1, -0.05) is 36.4 Å². The number of rotatable bonds is 6. The summed E-state index contributed by atoms with van der Waals surface area (Å²) in [5.74, 6) is -2.08. The number of hydrogen-bond acceptors (Lipinski definition) is 5. The Labute approximate surface area is 177 Å². The minimum Gasteiger partial charge on any atom is -0.447 e. The van der Waals surface area contributed by atoms with E-state index in [2.05, 4.69) is 5.32 Å². The number of benzene rings is 2. The summed E-state index contributed by atoms with van der Waals surface area (Å²) in [5, 5.41) is 2.35. The van der Waals surface area contributed by atoms with Crippen LogP contribution in [-0.4, -0.2) is 31.8 Å². The van der Waals surface area contributed by atoms with Crippen LogP contribution in [0.4, 0.5) is 18.9 Å². The summed E-state index contributed by atoms with van der Waals surface area (Å²) in [6.07, 6.45) is -5.81. The number of amides is 1. The zero-order chi connectivity index (χ0) is 22.6. The maximum Gasteiger partial charge on any atom is 0.416 e. The Hall–Kier alpha value is -2.88. The second-order valence-corrected chi connectivity index (χ2v) is 9.55. The first kappa shape index (κ1) is 22.8. The number of carbonyl (C=O) groups excluding carboxylic acids is 2. The van der Waals surface area contributed by atoms with Gasteiger partial charge in [-0.25, -0.2) is 8.42 Å². The molecule has 0 aliphatic carbocycles. The Morgan fingerprint density at radius 2 is 1.81 bits per heavy atom. The van der Waals surface area contributed by atoms with Gasteiger partial charge < -0.3 is 10.1 Å². The molecule has 2 aromatic rings. The van der Waals surface area contributed by atoms with Crippen molar-refractivity contribution < 1.29 is 35.9 Å². The average molecular weight is 455 g/mol. The van der Waals surface area contributed by atoms with Gasteiger partial charge in [0, 0.05) is 17.7 Å². The molecule has 0 saturated carbocycles. The smallest absolute Gasteiger partial charge is 0.416 e. The molecule has 10 heteroatoms. The second kappa shape index (κ2) is 9.09. The lowest BCUT2D eigenvalue weighted by molar-refractivity contribution is -0.155. The first-order valence-corrected chi connectivity index (χ1v) is 11.3. The summed E-state index contributed by atoms with van der Waals surface area (Å²) in [5.41, 5.74) is -0.695. The molecular weight excluding hydrogens is 435 g/mol. The van der Waals surface area contributed by atoms with Crippen LogP contribution in [0, 0.1) is 5.92 Å². The van der Waals surface area contributed by atoms with E-state index in [4.69, 9.17) is 4.74 Å². The van der Waals surface area contributed by atoms with Crippen molar-refractivity contribution in [3.05, 3.63) is 65.7 Å². The van der Waals surface area contributed by atoms with E-state index in [-0.39, 0.29) is 29.5 Å². The van der Waals surface area contributed by atoms with E-state index in [0.717, 1.165) is 18.2 Å². The van der Waals surface area contributed by atoms with E-state index in [1.165, 1.54) is 6.07 Å². The monoisotopic (exact) mass is 455 g/mol. The van der Waals surface area contributed by atoms with E-state index in [9.17, 15) is 31.2 Å². The molecule has 166 valence electrons. The number of sulfone groups is 1. The number of esters is 1. The molecule has 0 spiro atoms. The largest absolute Gasteiger partial charge is 0.447 e. The fourth-order valence-electron chi connectivity index (χ4n) is 3.33. The standard InChI is InChI=1S/C21H20F3NO5S/c22-21(23,24)16-7-4-8-17(12-16)25-20(27)19(15-5-2-1-3-6-15)30-18(26)11-14-9-10-31(28,29)13-14/h1-8,12,14,19H,9-11,13H2,(H,25,27). The highest BCUT2D eigenvalue weighted by atomic mass is 32.2. The number of nitrogens with one attached hydrogen (secondary N) is 1. The number of ether oxygens (including phenoxy) is 1. The van der Waals surface area contributed by atoms with Crippen LogP contribution in [0.5, 0.6) is 0 Å². The van der Waals surface area contributed by atoms with Gasteiger partial charge in [0.05, 0.1) is 17.1 Å². The number of halogens is 3. The van der Waals surface area contributed by atoms with Gasteiger partial charge in [-0.15, -0.1) is 0 Å². The zero-order valence-corrected chi connectivity index (χ0v) is 17.1. The third-order valence-corrected chi connectivity index (χ3v) is 6.67. The molecule has 2 aromatic carbocycles. The highest BCUT2D eigenvalue weighted by molar-refractivity contribution is 7.91. The van der Waals surface area contributed by atoms with Crippen LogP contribution >= 0.6 is 0 Å². The predicted molar refractivity (Wildman–Crippen MR) is 107 cm³/mol. The van der Waals surface area contributed by atoms with Crippen molar-refractivity contribution >= 4 is 27.4 Å². The first-order valence-electron chi connectivity index (χ1n) is 9.46. The molecule has 0 bridgehead atoms. The summed E-state index contributed by atoms with van der Waals surface area (Å²) in [7, 11) is -3.17. The molecule has 0 radical (unpaired) electrons. The molecule has 0 aromatic heterocycles. The molecule has 6 nitrogen and oxygen atoms in total. The van der Waals surface area contributed by atoms with Gasteiger partial charge >= 0.3 is 12.1 Å². The van der Waals surface area contributed by atoms with Crippen LogP contribution in [0.2, 0.25) is 0 Å². The zero-order valence-electron chi connectivity index (χ0n) is 16.3. The van der Waals surface area contributed by atoms with Crippen LogP contribution in [0.1, 0.15) is 30.1 Å². The number of carbonyl (C=O) groups is 2. The summed E-state index contributed by atoms with van der Waals surface area (Å²) in [4.78, 5) is 25.2. The maximum atomic E-state index is 12.9. The van der Waals surface area contributed by atoms with Crippen molar-refractivity contribution in [1.82, 2.24) is 0 Å². The minimum atomic E-state index is -4.58. The van der Waals surface area contributed by atoms with Gasteiger partial charge in [-0.3, -0.25) is 9.59 Å². The van der Waals surface area contributed by atoms with Gasteiger partial charge in [0.25, 0.3) is 5.91 Å². The van der Waals surface area contributed by atoms with Crippen molar-refractivity contribution in [2.75, 3.05) is 16.8 Å². The van der Waals surface area contributed by atoms with Crippen LogP contribution < -0.4 is 5.32 Å². The Kier molecular flexibility index (Phi) is 6.68. The van der Waals surface area contributed by atoms with Crippen LogP contribution in [-0.2, 0) is 30.3 Å². The normalized spacial score (nSPS) is 18.9. The molecule has 1 aliphatic rings. The molecule has 2 unspecified atom stereocenters. The van der Waals surface area contributed by atoms with E-state index in [1.54, 1.807) is 30.3 Å². The lowest BCUT2D eigenvalue weighted by Crippen LogP contribution is -2.27. The van der Waals surface area contributed by atoms with Crippen molar-refractivity contribution in [2.24, 2.45) is 5.92 Å². The fourth-order valence-corrected chi connectivity index (χ4v) is 5.19. The first-order chi connectivity index (χ1) is 14.5. The average Bonchev–Trinajstić information content (AvgIpc) is 3.04. The van der Waals surface area contributed by atoms with Gasteiger partial charge in [-0.05, 0) is 30.5 Å². The van der Waals surface area contributed by atoms with E-state index >= 15 is 0 Å². The summed E-state index contributed by atoms with van der Waals surface area (Å²) < 4.78 is 67.3. The van der Waals surface area contributed by atoms with Gasteiger partial charge in [0.15, 0.2) is 9.84 Å². The van der Waals surface area contributed by atoms with Gasteiger partial charge in [-0.2, -0.15) is 13.2 Å². The van der Waals surface area contributed by atoms with Gasteiger partial charge in [0.1, 0.15) is 0 Å². The van der Waals surface area contributed by atoms with Crippen molar-refractivity contribution in [3.8, 4) is 0 Å². The van der Waals surface area contributed by atoms with E-state index in [0.29, 0.717) is 12.0 Å². The highest BCUT2D eigenvalue weighted by Crippen LogP contribution is 2.31. The Bertz CT molecular complexity index is 1050. The maximum absolute atomic E-state index is 12.9. The van der Waals surface area contributed by atoms with Crippen molar-refractivity contribution in [1.29, 1.82) is 0 Å². The second-order valence-electron chi connectivity index (χ2n) is 7.32. The summed E-state index contributed by atoms with van der Waals surface area (Å²) in [6.45, 7) is 0. The van der Waals surface area contributed by atoms with Crippen LogP contribution in [0.15, 0.2) is 54.6 Å². The molecule has 1 heterocycles. The van der Waals surface area contributed by atoms with Crippen molar-refractivity contribution in [2.45, 2.75) is 25.1 Å². The summed E-state index contributed by atoms with van der Waals surface area (Å²) in [6, 6.07) is 12.1. The quantitative estimate of drug-likeness (QED) is 0.670. The lowest BCUT2D eigenvalue weighted by atomic mass is 10.1. The Morgan fingerprint density at radius 3 is 2.42 bits per heavy atom. The number of anilines is 1. The molecular formula is C21H20F3NO5S. The molecule has 1 saturated heterocycles. The topological polar surface area (TPSA) is 89.5 Å². The fraction of sp³-hybridized carbons (Fsp3) is 0.333. The third kappa shape index (κ3) is 6.30. The molecule has 3 rings (SSSR count). The van der Waals surface area contributed by atoms with E-state index < -0.39 is 39.6 Å². The predicted octanol–water partition coefficient (Wildman–Crippen LogP) is 3.75. The molecule has 2 atom stereocenters. The van der Waals surface area contributed by atoms with Crippen molar-refractivity contribution in [3.63, 3.8) is 0 Å². The minimum absolute atomic E-state index is 0.00307. The molecule has 1 amide bonds. The summed E-state index contributed by atoms with van der Waals surface area (Å²) >= 11 is 0. The molecule has 1 N–H and O–H groups in total. The number of alkyl halides is 3. The Morgan fingerprint density at radius 1 is 1.10 bits per heavy atom. The Balaban J connectivity index is 1.75. The number of hydrogen-bond donors (Lipinski definition) is 1.